The molecule has 2 heterocycles. The number of hydrogen-bond acceptors (Lipinski definition) is 9. The van der Waals surface area contributed by atoms with Gasteiger partial charge in [0.15, 0.2) is 17.3 Å². The van der Waals surface area contributed by atoms with Gasteiger partial charge in [0, 0.05) is 48.5 Å². The Balaban J connectivity index is 1.40. The highest BCUT2D eigenvalue weighted by atomic mass is 19.1. The van der Waals surface area contributed by atoms with Crippen LogP contribution in [0.1, 0.15) is 12.1 Å². The van der Waals surface area contributed by atoms with E-state index in [1.54, 1.807) is 31.4 Å². The standard InChI is InChI=1S/C28H32FN7O4/c1-3-8-36(10-11-37)9-5-12-40-25-17-23-22(16-24(25)39-2)28(31-18-30-23)33-26-14-21(34-35-26)15-27(38)32-20-7-4-6-19(29)13-20/h3-4,6-7,13-14,16-18,37H,1,5,8-12,15H2,2H3,(H,32,38)(H2,30,31,33,34,35). The molecule has 2 aromatic heterocycles. The van der Waals surface area contributed by atoms with Crippen LogP contribution in [-0.2, 0) is 11.2 Å². The number of aliphatic hydroxyl groups is 1. The van der Waals surface area contributed by atoms with Crippen LogP contribution < -0.4 is 20.1 Å². The summed E-state index contributed by atoms with van der Waals surface area (Å²) in [6.07, 6.45) is 4.02. The monoisotopic (exact) mass is 549 g/mol. The third-order valence-electron chi connectivity index (χ3n) is 5.94. The van der Waals surface area contributed by atoms with Crippen LogP contribution in [0.15, 0.2) is 61.4 Å². The number of nitrogens with zero attached hydrogens (tertiary/aromatic N) is 4. The first kappa shape index (κ1) is 28.5. The summed E-state index contributed by atoms with van der Waals surface area (Å²) in [4.78, 5) is 23.2. The van der Waals surface area contributed by atoms with Crippen molar-refractivity contribution in [3.63, 3.8) is 0 Å². The van der Waals surface area contributed by atoms with Crippen LogP contribution in [0.5, 0.6) is 11.5 Å². The molecule has 0 unspecified atom stereocenters. The molecule has 0 spiro atoms. The van der Waals surface area contributed by atoms with Crippen LogP contribution >= 0.6 is 0 Å². The van der Waals surface area contributed by atoms with E-state index in [0.29, 0.717) is 65.1 Å². The first-order valence-electron chi connectivity index (χ1n) is 12.8. The van der Waals surface area contributed by atoms with Gasteiger partial charge in [-0.2, -0.15) is 5.10 Å². The van der Waals surface area contributed by atoms with Gasteiger partial charge >= 0.3 is 0 Å². The Morgan fingerprint density at radius 2 is 2.08 bits per heavy atom. The molecule has 0 atom stereocenters. The van der Waals surface area contributed by atoms with E-state index >= 15 is 0 Å². The van der Waals surface area contributed by atoms with E-state index < -0.39 is 5.82 Å². The summed E-state index contributed by atoms with van der Waals surface area (Å²) in [5, 5.41) is 22.8. The molecule has 0 bridgehead atoms. The van der Waals surface area contributed by atoms with Crippen LogP contribution in [0, 0.1) is 5.82 Å². The predicted molar refractivity (Wildman–Crippen MR) is 151 cm³/mol. The maximum Gasteiger partial charge on any atom is 0.230 e. The first-order valence-corrected chi connectivity index (χ1v) is 12.8. The molecule has 11 nitrogen and oxygen atoms in total. The fourth-order valence-electron chi connectivity index (χ4n) is 4.11. The summed E-state index contributed by atoms with van der Waals surface area (Å²) in [6, 6.07) is 11.0. The van der Waals surface area contributed by atoms with Crippen molar-refractivity contribution in [2.75, 3.05) is 50.6 Å². The number of amides is 1. The van der Waals surface area contributed by atoms with Gasteiger partial charge in [0.05, 0.1) is 32.3 Å². The fourth-order valence-corrected chi connectivity index (χ4v) is 4.11. The van der Waals surface area contributed by atoms with Gasteiger partial charge in [0.1, 0.15) is 18.0 Å². The zero-order valence-corrected chi connectivity index (χ0v) is 22.2. The Morgan fingerprint density at radius 1 is 1.20 bits per heavy atom. The molecule has 4 N–H and O–H groups in total. The second-order valence-electron chi connectivity index (χ2n) is 8.90. The summed E-state index contributed by atoms with van der Waals surface area (Å²) in [5.41, 5.74) is 1.59. The summed E-state index contributed by atoms with van der Waals surface area (Å²) in [7, 11) is 1.56. The molecule has 0 radical (unpaired) electrons. The molecule has 210 valence electrons. The number of carbonyl (C=O) groups excluding carboxylic acids is 1. The summed E-state index contributed by atoms with van der Waals surface area (Å²) >= 11 is 0. The highest BCUT2D eigenvalue weighted by Crippen LogP contribution is 2.34. The number of aromatic amines is 1. The average Bonchev–Trinajstić information content (AvgIpc) is 3.37. The van der Waals surface area contributed by atoms with Crippen LogP contribution in [0.2, 0.25) is 0 Å². The third kappa shape index (κ3) is 7.74. The minimum absolute atomic E-state index is 0.0234. The average molecular weight is 550 g/mol. The van der Waals surface area contributed by atoms with E-state index in [9.17, 15) is 14.3 Å². The van der Waals surface area contributed by atoms with Crippen molar-refractivity contribution in [2.24, 2.45) is 0 Å². The highest BCUT2D eigenvalue weighted by molar-refractivity contribution is 5.93. The Bertz CT molecular complexity index is 1450. The van der Waals surface area contributed by atoms with Crippen LogP contribution in [0.4, 0.5) is 21.7 Å². The van der Waals surface area contributed by atoms with Gasteiger partial charge in [-0.05, 0) is 30.7 Å². The molecule has 4 rings (SSSR count). The molecule has 0 fully saturated rings. The number of aliphatic hydroxyl groups excluding tert-OH is 1. The molecule has 1 amide bonds. The lowest BCUT2D eigenvalue weighted by atomic mass is 10.2. The van der Waals surface area contributed by atoms with Gasteiger partial charge in [0.2, 0.25) is 5.91 Å². The van der Waals surface area contributed by atoms with E-state index in [4.69, 9.17) is 9.47 Å². The van der Waals surface area contributed by atoms with Crippen LogP contribution in [-0.4, -0.2) is 76.0 Å². The Morgan fingerprint density at radius 3 is 2.85 bits per heavy atom. The molecule has 0 aliphatic carbocycles. The topological polar surface area (TPSA) is 138 Å². The normalized spacial score (nSPS) is 11.0. The lowest BCUT2D eigenvalue weighted by Crippen LogP contribution is -2.29. The molecular weight excluding hydrogens is 517 g/mol. The van der Waals surface area contributed by atoms with Gasteiger partial charge in [-0.1, -0.05) is 12.1 Å². The molecule has 0 aliphatic rings. The zero-order valence-electron chi connectivity index (χ0n) is 22.2. The molecule has 0 saturated heterocycles. The van der Waals surface area contributed by atoms with Crippen molar-refractivity contribution in [1.82, 2.24) is 25.1 Å². The minimum Gasteiger partial charge on any atom is -0.493 e. The SMILES string of the molecule is C=CCN(CCO)CCCOc1cc2ncnc(Nc3cc(CC(=O)Nc4cccc(F)c4)[nH]n3)c2cc1OC. The summed E-state index contributed by atoms with van der Waals surface area (Å²) < 4.78 is 24.9. The number of H-pyrrole nitrogens is 1. The molecule has 0 saturated carbocycles. The second-order valence-corrected chi connectivity index (χ2v) is 8.90. The van der Waals surface area contributed by atoms with Crippen LogP contribution in [0.25, 0.3) is 10.9 Å². The maximum atomic E-state index is 13.4. The number of nitrogens with one attached hydrogen (secondary N) is 3. The number of hydrogen-bond donors (Lipinski definition) is 4. The number of fused-ring (bicyclic) bond motifs is 1. The van der Waals surface area contributed by atoms with E-state index in [1.165, 1.54) is 24.5 Å². The second kappa shape index (κ2) is 14.0. The third-order valence-corrected chi connectivity index (χ3v) is 5.94. The number of ether oxygens (including phenoxy) is 2. The number of benzene rings is 2. The highest BCUT2D eigenvalue weighted by Gasteiger charge is 2.14. The number of methoxy groups -OCH3 is 1. The van der Waals surface area contributed by atoms with Gasteiger partial charge in [-0.15, -0.1) is 6.58 Å². The first-order chi connectivity index (χ1) is 19.5. The van der Waals surface area contributed by atoms with Crippen molar-refractivity contribution < 1.29 is 23.8 Å². The molecule has 2 aromatic carbocycles. The van der Waals surface area contributed by atoms with Crippen molar-refractivity contribution in [3.8, 4) is 11.5 Å². The van der Waals surface area contributed by atoms with E-state index in [2.05, 4.69) is 42.3 Å². The minimum atomic E-state index is -0.428. The number of rotatable bonds is 15. The van der Waals surface area contributed by atoms with Gasteiger partial charge < -0.3 is 25.2 Å². The number of anilines is 3. The van der Waals surface area contributed by atoms with E-state index in [-0.39, 0.29) is 18.9 Å². The summed E-state index contributed by atoms with van der Waals surface area (Å²) in [5.74, 6) is 1.31. The number of carbonyl (C=O) groups is 1. The van der Waals surface area contributed by atoms with Crippen LogP contribution in [0.3, 0.4) is 0 Å². The number of halogens is 1. The Kier molecular flexibility index (Phi) is 9.97. The molecule has 40 heavy (non-hydrogen) atoms. The van der Waals surface area contributed by atoms with Crippen molar-refractivity contribution in [1.29, 1.82) is 0 Å². The summed E-state index contributed by atoms with van der Waals surface area (Å²) in [6.45, 7) is 6.34. The lowest BCUT2D eigenvalue weighted by Gasteiger charge is -2.19. The molecule has 0 aliphatic heterocycles. The van der Waals surface area contributed by atoms with E-state index in [0.717, 1.165) is 13.0 Å². The molecule has 12 heteroatoms. The van der Waals surface area contributed by atoms with Gasteiger partial charge in [-0.25, -0.2) is 14.4 Å². The maximum absolute atomic E-state index is 13.4. The fraction of sp³-hybridized carbons (Fsp3) is 0.286. The van der Waals surface area contributed by atoms with Crippen molar-refractivity contribution >= 4 is 34.1 Å². The number of aromatic nitrogens is 4. The van der Waals surface area contributed by atoms with Crippen molar-refractivity contribution in [2.45, 2.75) is 12.8 Å². The smallest absolute Gasteiger partial charge is 0.230 e. The predicted octanol–water partition coefficient (Wildman–Crippen LogP) is 3.67. The van der Waals surface area contributed by atoms with Gasteiger partial charge in [-0.3, -0.25) is 14.8 Å². The Labute approximate surface area is 231 Å². The zero-order chi connectivity index (χ0) is 28.3. The lowest BCUT2D eigenvalue weighted by molar-refractivity contribution is -0.115. The Hall–Kier alpha value is -4.55. The van der Waals surface area contributed by atoms with E-state index in [1.807, 2.05) is 6.08 Å². The molecular formula is C28H32FN7O4. The largest absolute Gasteiger partial charge is 0.493 e. The molecule has 4 aromatic rings. The van der Waals surface area contributed by atoms with Crippen molar-refractivity contribution in [3.05, 3.63) is 73.0 Å². The quantitative estimate of drug-likeness (QED) is 0.129. The van der Waals surface area contributed by atoms with Gasteiger partial charge in [0.25, 0.3) is 0 Å².